The number of rotatable bonds is 3. The van der Waals surface area contributed by atoms with Gasteiger partial charge in [-0.1, -0.05) is 12.1 Å². The molecule has 3 heterocycles. The van der Waals surface area contributed by atoms with Crippen LogP contribution in [0.4, 0.5) is 11.5 Å². The molecule has 138 valence electrons. The third kappa shape index (κ3) is 3.36. The molecule has 1 atom stereocenters. The Morgan fingerprint density at radius 1 is 1.31 bits per heavy atom. The molecule has 2 aromatic rings. The van der Waals surface area contributed by atoms with Crippen LogP contribution in [0.5, 0.6) is 0 Å². The summed E-state index contributed by atoms with van der Waals surface area (Å²) in [5, 5.41) is 0.230. The minimum atomic E-state index is -3.19. The molecule has 0 aliphatic carbocycles. The highest BCUT2D eigenvalue weighted by molar-refractivity contribution is 7.90. The molecule has 2 aliphatic heterocycles. The zero-order chi connectivity index (χ0) is 18.3. The van der Waals surface area contributed by atoms with Crippen LogP contribution in [0.15, 0.2) is 35.4 Å². The first-order chi connectivity index (χ1) is 12.4. The summed E-state index contributed by atoms with van der Waals surface area (Å²) in [6.07, 6.45) is 2.96. The molecule has 0 bridgehead atoms. The summed E-state index contributed by atoms with van der Waals surface area (Å²) in [7, 11) is -3.19. The van der Waals surface area contributed by atoms with Crippen LogP contribution in [0.3, 0.4) is 0 Å². The Morgan fingerprint density at radius 2 is 2.08 bits per heavy atom. The Kier molecular flexibility index (Phi) is 4.50. The van der Waals surface area contributed by atoms with Gasteiger partial charge in [-0.2, -0.15) is 4.98 Å². The highest BCUT2D eigenvalue weighted by atomic mass is 35.5. The van der Waals surface area contributed by atoms with E-state index in [9.17, 15) is 8.42 Å². The van der Waals surface area contributed by atoms with E-state index < -0.39 is 9.84 Å². The lowest BCUT2D eigenvalue weighted by molar-refractivity contribution is 0.0936. The lowest BCUT2D eigenvalue weighted by Crippen LogP contribution is -2.55. The molecule has 4 rings (SSSR count). The van der Waals surface area contributed by atoms with Gasteiger partial charge in [0.2, 0.25) is 5.28 Å². The fraction of sp³-hybridized carbons (Fsp3) is 0.412. The van der Waals surface area contributed by atoms with E-state index in [1.165, 1.54) is 6.26 Å². The van der Waals surface area contributed by atoms with Gasteiger partial charge in [0.15, 0.2) is 15.7 Å². The maximum absolute atomic E-state index is 11.6. The molecule has 0 radical (unpaired) electrons. The van der Waals surface area contributed by atoms with E-state index in [0.29, 0.717) is 24.7 Å². The molecule has 0 N–H and O–H groups in total. The van der Waals surface area contributed by atoms with Crippen molar-refractivity contribution in [2.45, 2.75) is 17.5 Å². The Morgan fingerprint density at radius 3 is 2.81 bits per heavy atom. The van der Waals surface area contributed by atoms with Gasteiger partial charge in [0.1, 0.15) is 0 Å². The van der Waals surface area contributed by atoms with Gasteiger partial charge >= 0.3 is 0 Å². The van der Waals surface area contributed by atoms with E-state index >= 15 is 0 Å². The standard InChI is InChI=1S/C17H19ClN4O3S/c1-26(23,24)14-4-2-12(3-5-14)9-21-10-13-11-25-7-6-22(13)16-15(21)8-19-17(18)20-16/h2-5,8,13H,6-7,9-11H2,1H3/t13-/m0/s1. The van der Waals surface area contributed by atoms with Crippen LogP contribution in [0, 0.1) is 0 Å². The van der Waals surface area contributed by atoms with Crippen molar-refractivity contribution >= 4 is 32.9 Å². The molecule has 1 aromatic carbocycles. The molecular weight excluding hydrogens is 376 g/mol. The Balaban J connectivity index is 1.64. The smallest absolute Gasteiger partial charge is 0.224 e. The molecule has 26 heavy (non-hydrogen) atoms. The number of anilines is 2. The number of halogens is 1. The van der Waals surface area contributed by atoms with Gasteiger partial charge in [-0.15, -0.1) is 0 Å². The molecular formula is C17H19ClN4O3S. The number of hydrogen-bond donors (Lipinski definition) is 0. The van der Waals surface area contributed by atoms with Crippen molar-refractivity contribution < 1.29 is 13.2 Å². The van der Waals surface area contributed by atoms with Crippen molar-refractivity contribution in [2.24, 2.45) is 0 Å². The first-order valence-electron chi connectivity index (χ1n) is 8.33. The maximum atomic E-state index is 11.6. The number of ether oxygens (including phenoxy) is 1. The van der Waals surface area contributed by atoms with E-state index in [2.05, 4.69) is 19.8 Å². The highest BCUT2D eigenvalue weighted by Crippen LogP contribution is 2.35. The molecule has 9 heteroatoms. The van der Waals surface area contributed by atoms with Crippen LogP contribution in [0.1, 0.15) is 5.56 Å². The predicted molar refractivity (Wildman–Crippen MR) is 99.6 cm³/mol. The maximum Gasteiger partial charge on any atom is 0.224 e. The number of benzene rings is 1. The average Bonchev–Trinajstić information content (AvgIpc) is 2.61. The number of nitrogens with zero attached hydrogens (tertiary/aromatic N) is 4. The molecule has 0 amide bonds. The van der Waals surface area contributed by atoms with Crippen molar-refractivity contribution in [1.29, 1.82) is 0 Å². The summed E-state index contributed by atoms with van der Waals surface area (Å²) >= 11 is 6.02. The second-order valence-electron chi connectivity index (χ2n) is 6.57. The summed E-state index contributed by atoms with van der Waals surface area (Å²) < 4.78 is 28.9. The predicted octanol–water partition coefficient (Wildman–Crippen LogP) is 1.76. The molecule has 0 saturated carbocycles. The fourth-order valence-electron chi connectivity index (χ4n) is 3.43. The fourth-order valence-corrected chi connectivity index (χ4v) is 4.19. The summed E-state index contributed by atoms with van der Waals surface area (Å²) in [6, 6.07) is 7.18. The van der Waals surface area contributed by atoms with Crippen molar-refractivity contribution in [3.8, 4) is 0 Å². The normalized spacial score (nSPS) is 19.8. The van der Waals surface area contributed by atoms with Gasteiger partial charge in [0.05, 0.1) is 36.0 Å². The second kappa shape index (κ2) is 6.68. The molecule has 1 saturated heterocycles. The Labute approximate surface area is 157 Å². The zero-order valence-electron chi connectivity index (χ0n) is 14.3. The van der Waals surface area contributed by atoms with Crippen molar-refractivity contribution in [2.75, 3.05) is 42.4 Å². The summed E-state index contributed by atoms with van der Waals surface area (Å²) in [5.74, 6) is 0.831. The van der Waals surface area contributed by atoms with E-state index in [4.69, 9.17) is 16.3 Å². The minimum absolute atomic E-state index is 0.206. The van der Waals surface area contributed by atoms with Crippen LogP contribution in [0.2, 0.25) is 5.28 Å². The lowest BCUT2D eigenvalue weighted by atomic mass is 10.1. The minimum Gasteiger partial charge on any atom is -0.377 e. The van der Waals surface area contributed by atoms with Crippen molar-refractivity contribution in [3.05, 3.63) is 41.3 Å². The van der Waals surface area contributed by atoms with Crippen LogP contribution in [-0.4, -0.2) is 57.0 Å². The van der Waals surface area contributed by atoms with Crippen LogP contribution < -0.4 is 9.80 Å². The van der Waals surface area contributed by atoms with Crippen LogP contribution >= 0.6 is 11.6 Å². The molecule has 0 spiro atoms. The van der Waals surface area contributed by atoms with Gasteiger partial charge in [0, 0.05) is 25.9 Å². The van der Waals surface area contributed by atoms with Gasteiger partial charge in [0.25, 0.3) is 0 Å². The second-order valence-corrected chi connectivity index (χ2v) is 8.92. The van der Waals surface area contributed by atoms with Gasteiger partial charge in [-0.25, -0.2) is 13.4 Å². The summed E-state index contributed by atoms with van der Waals surface area (Å²) in [5.41, 5.74) is 1.95. The van der Waals surface area contributed by atoms with Crippen LogP contribution in [-0.2, 0) is 21.1 Å². The first kappa shape index (κ1) is 17.5. The average molecular weight is 395 g/mol. The van der Waals surface area contributed by atoms with E-state index in [1.54, 1.807) is 18.3 Å². The molecule has 1 fully saturated rings. The quantitative estimate of drug-likeness (QED) is 0.734. The van der Waals surface area contributed by atoms with Gasteiger partial charge in [-0.05, 0) is 29.3 Å². The number of aromatic nitrogens is 2. The van der Waals surface area contributed by atoms with Crippen molar-refractivity contribution in [1.82, 2.24) is 9.97 Å². The zero-order valence-corrected chi connectivity index (χ0v) is 15.9. The number of sulfone groups is 1. The van der Waals surface area contributed by atoms with Crippen LogP contribution in [0.25, 0.3) is 0 Å². The van der Waals surface area contributed by atoms with E-state index in [-0.39, 0.29) is 11.3 Å². The SMILES string of the molecule is CS(=O)(=O)c1ccc(CN2C[C@H]3COCCN3c3nc(Cl)ncc32)cc1. The Hall–Kier alpha value is -1.90. The monoisotopic (exact) mass is 394 g/mol. The van der Waals surface area contributed by atoms with E-state index in [0.717, 1.165) is 30.2 Å². The third-order valence-corrected chi connectivity index (χ3v) is 6.03. The van der Waals surface area contributed by atoms with Crippen molar-refractivity contribution in [3.63, 3.8) is 0 Å². The molecule has 7 nitrogen and oxygen atoms in total. The number of fused-ring (bicyclic) bond motifs is 3. The highest BCUT2D eigenvalue weighted by Gasteiger charge is 2.34. The summed E-state index contributed by atoms with van der Waals surface area (Å²) in [4.78, 5) is 13.3. The molecule has 1 aromatic heterocycles. The Bertz CT molecular complexity index is 920. The first-order valence-corrected chi connectivity index (χ1v) is 10.6. The third-order valence-electron chi connectivity index (χ3n) is 4.72. The number of morpholine rings is 1. The lowest BCUT2D eigenvalue weighted by Gasteiger charge is -2.45. The largest absolute Gasteiger partial charge is 0.377 e. The number of hydrogen-bond acceptors (Lipinski definition) is 7. The van der Waals surface area contributed by atoms with E-state index in [1.807, 2.05) is 12.1 Å². The molecule has 2 aliphatic rings. The van der Waals surface area contributed by atoms with Gasteiger partial charge in [-0.3, -0.25) is 0 Å². The topological polar surface area (TPSA) is 75.6 Å². The van der Waals surface area contributed by atoms with Gasteiger partial charge < -0.3 is 14.5 Å². The molecule has 0 unspecified atom stereocenters. The summed E-state index contributed by atoms with van der Waals surface area (Å²) in [6.45, 7) is 3.51.